The number of alkyl carbamates (subject to hydrolysis) is 1. The van der Waals surface area contributed by atoms with Crippen molar-refractivity contribution in [3.05, 3.63) is 0 Å². The fourth-order valence-electron chi connectivity index (χ4n) is 2.32. The van der Waals surface area contributed by atoms with E-state index in [4.69, 9.17) is 4.74 Å². The van der Waals surface area contributed by atoms with Crippen LogP contribution in [0.3, 0.4) is 0 Å². The molecule has 1 aliphatic rings. The first kappa shape index (κ1) is 14.8. The molecule has 0 aromatic rings. The van der Waals surface area contributed by atoms with E-state index in [1.165, 1.54) is 0 Å². The average Bonchev–Trinajstić information content (AvgIpc) is 2.37. The number of rotatable bonds is 4. The zero-order valence-electron chi connectivity index (χ0n) is 11.7. The first-order chi connectivity index (χ1) is 8.51. The summed E-state index contributed by atoms with van der Waals surface area (Å²) >= 11 is 0. The zero-order chi connectivity index (χ0) is 13.6. The van der Waals surface area contributed by atoms with Crippen LogP contribution < -0.4 is 5.32 Å². The molecular formula is C14H24N2O2. The zero-order valence-corrected chi connectivity index (χ0v) is 11.7. The summed E-state index contributed by atoms with van der Waals surface area (Å²) in [6.07, 6.45) is 4.18. The van der Waals surface area contributed by atoms with Crippen molar-refractivity contribution in [1.29, 1.82) is 5.26 Å². The number of hydrogen-bond acceptors (Lipinski definition) is 3. The predicted molar refractivity (Wildman–Crippen MR) is 69.9 cm³/mol. The summed E-state index contributed by atoms with van der Waals surface area (Å²) in [5.41, 5.74) is -0.709. The molecule has 18 heavy (non-hydrogen) atoms. The highest BCUT2D eigenvalue weighted by atomic mass is 16.5. The minimum atomic E-state index is -0.709. The van der Waals surface area contributed by atoms with Crippen molar-refractivity contribution in [1.82, 2.24) is 5.32 Å². The molecule has 1 amide bonds. The normalized spacial score (nSPS) is 27.6. The Hall–Kier alpha value is -1.24. The lowest BCUT2D eigenvalue weighted by Gasteiger charge is -2.34. The maximum atomic E-state index is 11.6. The van der Waals surface area contributed by atoms with E-state index in [2.05, 4.69) is 18.3 Å². The molecule has 0 spiro atoms. The maximum Gasteiger partial charge on any atom is 0.408 e. The van der Waals surface area contributed by atoms with Crippen LogP contribution in [0.4, 0.5) is 4.79 Å². The highest BCUT2D eigenvalue weighted by Gasteiger charge is 2.36. The number of nitriles is 1. The van der Waals surface area contributed by atoms with Crippen molar-refractivity contribution >= 4 is 6.09 Å². The molecule has 0 aromatic heterocycles. The number of amides is 1. The van der Waals surface area contributed by atoms with Gasteiger partial charge in [-0.3, -0.25) is 0 Å². The van der Waals surface area contributed by atoms with Crippen molar-refractivity contribution in [2.45, 2.75) is 58.4 Å². The van der Waals surface area contributed by atoms with Gasteiger partial charge in [0.05, 0.1) is 12.7 Å². The van der Waals surface area contributed by atoms with E-state index in [0.29, 0.717) is 18.4 Å². The molecule has 0 aromatic carbocycles. The van der Waals surface area contributed by atoms with E-state index >= 15 is 0 Å². The lowest BCUT2D eigenvalue weighted by molar-refractivity contribution is 0.117. The number of hydrogen-bond donors (Lipinski definition) is 1. The number of ether oxygens (including phenoxy) is 1. The van der Waals surface area contributed by atoms with Gasteiger partial charge in [-0.05, 0) is 37.5 Å². The minimum absolute atomic E-state index is 0.310. The first-order valence-electron chi connectivity index (χ1n) is 6.87. The largest absolute Gasteiger partial charge is 0.449 e. The highest BCUT2D eigenvalue weighted by molar-refractivity contribution is 5.69. The summed E-state index contributed by atoms with van der Waals surface area (Å²) in [4.78, 5) is 11.6. The SMILES string of the molecule is CCC1CCC(C#N)(NC(=O)OCC(C)C)CC1. The number of carbonyl (C=O) groups is 1. The second kappa shape index (κ2) is 6.63. The van der Waals surface area contributed by atoms with Crippen LogP contribution in [-0.2, 0) is 4.74 Å². The smallest absolute Gasteiger partial charge is 0.408 e. The van der Waals surface area contributed by atoms with Crippen LogP contribution in [0.5, 0.6) is 0 Å². The Balaban J connectivity index is 2.47. The fourth-order valence-corrected chi connectivity index (χ4v) is 2.32. The van der Waals surface area contributed by atoms with Crippen LogP contribution in [-0.4, -0.2) is 18.2 Å². The summed E-state index contributed by atoms with van der Waals surface area (Å²) in [7, 11) is 0. The average molecular weight is 252 g/mol. The van der Waals surface area contributed by atoms with Crippen LogP contribution in [0.25, 0.3) is 0 Å². The molecule has 0 aliphatic heterocycles. The molecular weight excluding hydrogens is 228 g/mol. The molecule has 1 saturated carbocycles. The van der Waals surface area contributed by atoms with Crippen LogP contribution in [0.2, 0.25) is 0 Å². The Morgan fingerprint density at radius 3 is 2.56 bits per heavy atom. The van der Waals surface area contributed by atoms with Gasteiger partial charge in [0.15, 0.2) is 0 Å². The molecule has 1 N–H and O–H groups in total. The van der Waals surface area contributed by atoms with Gasteiger partial charge in [-0.25, -0.2) is 4.79 Å². The van der Waals surface area contributed by atoms with Crippen molar-refractivity contribution in [3.63, 3.8) is 0 Å². The summed E-state index contributed by atoms with van der Waals surface area (Å²) in [5.74, 6) is 1.00. The van der Waals surface area contributed by atoms with Gasteiger partial charge in [0.2, 0.25) is 0 Å². The Kier molecular flexibility index (Phi) is 5.46. The van der Waals surface area contributed by atoms with E-state index in [1.54, 1.807) is 0 Å². The Morgan fingerprint density at radius 1 is 1.50 bits per heavy atom. The van der Waals surface area contributed by atoms with Crippen molar-refractivity contribution in [3.8, 4) is 6.07 Å². The fraction of sp³-hybridized carbons (Fsp3) is 0.857. The maximum absolute atomic E-state index is 11.6. The Morgan fingerprint density at radius 2 is 2.11 bits per heavy atom. The Labute approximate surface area is 110 Å². The van der Waals surface area contributed by atoms with Crippen molar-refractivity contribution < 1.29 is 9.53 Å². The first-order valence-corrected chi connectivity index (χ1v) is 6.87. The summed E-state index contributed by atoms with van der Waals surface area (Å²) in [5, 5.41) is 12.1. The monoisotopic (exact) mass is 252 g/mol. The molecule has 102 valence electrons. The van der Waals surface area contributed by atoms with Gasteiger partial charge in [-0.2, -0.15) is 5.26 Å². The lowest BCUT2D eigenvalue weighted by Crippen LogP contribution is -2.50. The topological polar surface area (TPSA) is 62.1 Å². The van der Waals surface area contributed by atoms with Gasteiger partial charge in [0.1, 0.15) is 5.54 Å². The van der Waals surface area contributed by atoms with Gasteiger partial charge in [-0.1, -0.05) is 27.2 Å². The van der Waals surface area contributed by atoms with Gasteiger partial charge < -0.3 is 10.1 Å². The molecule has 0 heterocycles. The third kappa shape index (κ3) is 4.21. The van der Waals surface area contributed by atoms with Gasteiger partial charge in [0, 0.05) is 0 Å². The molecule has 0 bridgehead atoms. The quantitative estimate of drug-likeness (QED) is 0.835. The summed E-state index contributed by atoms with van der Waals surface area (Å²) in [6, 6.07) is 2.27. The molecule has 0 radical (unpaired) electrons. The van der Waals surface area contributed by atoms with Crippen LogP contribution in [0.15, 0.2) is 0 Å². The molecule has 4 nitrogen and oxygen atoms in total. The Bertz CT molecular complexity index is 312. The van der Waals surface area contributed by atoms with Crippen molar-refractivity contribution in [2.75, 3.05) is 6.61 Å². The minimum Gasteiger partial charge on any atom is -0.449 e. The second-order valence-corrected chi connectivity index (χ2v) is 5.66. The highest BCUT2D eigenvalue weighted by Crippen LogP contribution is 2.33. The number of nitrogens with one attached hydrogen (secondary N) is 1. The molecule has 4 heteroatoms. The standard InChI is InChI=1S/C14H24N2O2/c1-4-12-5-7-14(10-15,8-6-12)16-13(17)18-9-11(2)3/h11-12H,4-9H2,1-3H3,(H,16,17). The van der Waals surface area contributed by atoms with Gasteiger partial charge >= 0.3 is 6.09 Å². The molecule has 1 aliphatic carbocycles. The number of carbonyl (C=O) groups excluding carboxylic acids is 1. The van der Waals surface area contributed by atoms with E-state index in [0.717, 1.165) is 32.1 Å². The molecule has 1 rings (SSSR count). The van der Waals surface area contributed by atoms with E-state index < -0.39 is 11.6 Å². The third-order valence-electron chi connectivity index (χ3n) is 3.64. The van der Waals surface area contributed by atoms with Gasteiger partial charge in [0.25, 0.3) is 0 Å². The second-order valence-electron chi connectivity index (χ2n) is 5.66. The predicted octanol–water partition coefficient (Wildman–Crippen LogP) is 3.23. The number of nitrogens with zero attached hydrogens (tertiary/aromatic N) is 1. The van der Waals surface area contributed by atoms with Crippen molar-refractivity contribution in [2.24, 2.45) is 11.8 Å². The molecule has 1 fully saturated rings. The third-order valence-corrected chi connectivity index (χ3v) is 3.64. The van der Waals surface area contributed by atoms with Crippen LogP contribution in [0, 0.1) is 23.2 Å². The molecule has 0 atom stereocenters. The summed E-state index contributed by atoms with van der Waals surface area (Å²) < 4.78 is 5.09. The molecule has 0 saturated heterocycles. The van der Waals surface area contributed by atoms with Gasteiger partial charge in [-0.15, -0.1) is 0 Å². The van der Waals surface area contributed by atoms with Crippen LogP contribution >= 0.6 is 0 Å². The van der Waals surface area contributed by atoms with E-state index in [1.807, 2.05) is 13.8 Å². The van der Waals surface area contributed by atoms with Crippen LogP contribution in [0.1, 0.15) is 52.9 Å². The van der Waals surface area contributed by atoms with E-state index in [9.17, 15) is 10.1 Å². The summed E-state index contributed by atoms with van der Waals surface area (Å²) in [6.45, 7) is 6.54. The molecule has 0 unspecified atom stereocenters. The van der Waals surface area contributed by atoms with E-state index in [-0.39, 0.29) is 0 Å². The lowest BCUT2D eigenvalue weighted by atomic mass is 9.76.